The van der Waals surface area contributed by atoms with Gasteiger partial charge in [0.15, 0.2) is 0 Å². The van der Waals surface area contributed by atoms with Crippen LogP contribution in [0.3, 0.4) is 0 Å². The monoisotopic (exact) mass is 223 g/mol. The maximum absolute atomic E-state index is 5.93. The Kier molecular flexibility index (Phi) is 5.82. The number of nitrogens with one attached hydrogen (secondary N) is 1. The molecule has 0 aliphatic carbocycles. The molecule has 4 heteroatoms. The van der Waals surface area contributed by atoms with Crippen molar-refractivity contribution < 1.29 is 4.74 Å². The van der Waals surface area contributed by atoms with Crippen LogP contribution in [0.1, 0.15) is 31.9 Å². The topological polar surface area (TPSA) is 60.2 Å². The van der Waals surface area contributed by atoms with Gasteiger partial charge in [0.25, 0.3) is 0 Å². The second kappa shape index (κ2) is 7.19. The van der Waals surface area contributed by atoms with Gasteiger partial charge in [0, 0.05) is 30.3 Å². The van der Waals surface area contributed by atoms with E-state index in [1.54, 1.807) is 6.20 Å². The van der Waals surface area contributed by atoms with E-state index in [0.717, 1.165) is 24.2 Å². The van der Waals surface area contributed by atoms with Gasteiger partial charge in [0.05, 0.1) is 12.6 Å². The first-order chi connectivity index (χ1) is 7.79. The molecule has 1 unspecified atom stereocenters. The van der Waals surface area contributed by atoms with Gasteiger partial charge in [0.2, 0.25) is 0 Å². The highest BCUT2D eigenvalue weighted by Gasteiger charge is 2.13. The molecule has 0 spiro atoms. The molecule has 0 fully saturated rings. The third-order valence-corrected chi connectivity index (χ3v) is 2.39. The lowest BCUT2D eigenvalue weighted by molar-refractivity contribution is 0.123. The number of anilines is 1. The van der Waals surface area contributed by atoms with Gasteiger partial charge in [-0.05, 0) is 26.0 Å². The van der Waals surface area contributed by atoms with E-state index in [2.05, 4.69) is 17.2 Å². The second-order valence-electron chi connectivity index (χ2n) is 3.67. The van der Waals surface area contributed by atoms with Crippen LogP contribution < -0.4 is 11.1 Å². The van der Waals surface area contributed by atoms with Gasteiger partial charge in [-0.15, -0.1) is 0 Å². The summed E-state index contributed by atoms with van der Waals surface area (Å²) in [5.74, 6) is 0. The van der Waals surface area contributed by atoms with Gasteiger partial charge in [-0.3, -0.25) is 4.98 Å². The number of rotatable bonds is 7. The van der Waals surface area contributed by atoms with Crippen LogP contribution in [0.15, 0.2) is 18.5 Å². The van der Waals surface area contributed by atoms with E-state index in [4.69, 9.17) is 10.5 Å². The summed E-state index contributed by atoms with van der Waals surface area (Å²) in [6, 6.07) is 1.95. The molecule has 1 aromatic heterocycles. The maximum atomic E-state index is 5.93. The number of pyridine rings is 1. The van der Waals surface area contributed by atoms with Gasteiger partial charge in [-0.2, -0.15) is 0 Å². The minimum absolute atomic E-state index is 0.133. The minimum Gasteiger partial charge on any atom is -0.398 e. The Morgan fingerprint density at radius 2 is 2.31 bits per heavy atom. The fourth-order valence-electron chi connectivity index (χ4n) is 1.52. The van der Waals surface area contributed by atoms with Crippen molar-refractivity contribution in [3.63, 3.8) is 0 Å². The molecule has 0 aromatic carbocycles. The van der Waals surface area contributed by atoms with Gasteiger partial charge in [-0.1, -0.05) is 6.92 Å². The van der Waals surface area contributed by atoms with E-state index in [1.807, 2.05) is 19.2 Å². The molecule has 0 bridgehead atoms. The van der Waals surface area contributed by atoms with Crippen molar-refractivity contribution in [2.45, 2.75) is 26.3 Å². The van der Waals surface area contributed by atoms with Crippen molar-refractivity contribution in [3.8, 4) is 0 Å². The smallest absolute Gasteiger partial charge is 0.0662 e. The lowest BCUT2D eigenvalue weighted by atomic mass is 10.1. The fraction of sp³-hybridized carbons (Fsp3) is 0.583. The average Bonchev–Trinajstić information content (AvgIpc) is 2.31. The SMILES string of the molecule is CCCNC(COCC)c1cnccc1N. The fourth-order valence-corrected chi connectivity index (χ4v) is 1.52. The first-order valence-corrected chi connectivity index (χ1v) is 5.80. The van der Waals surface area contributed by atoms with Crippen LogP contribution in [0, 0.1) is 0 Å². The molecule has 0 saturated heterocycles. The predicted octanol–water partition coefficient (Wildman–Crippen LogP) is 1.74. The standard InChI is InChI=1S/C12H21N3O/c1-3-6-15-12(9-16-4-2)10-8-14-7-5-11(10)13/h5,7-8,12,15H,3-4,6,9H2,1-2H3,(H2,13,14). The van der Waals surface area contributed by atoms with Crippen LogP contribution >= 0.6 is 0 Å². The summed E-state index contributed by atoms with van der Waals surface area (Å²) >= 11 is 0. The third-order valence-electron chi connectivity index (χ3n) is 2.39. The Hall–Kier alpha value is -1.13. The van der Waals surface area contributed by atoms with E-state index < -0.39 is 0 Å². The second-order valence-corrected chi connectivity index (χ2v) is 3.67. The molecule has 16 heavy (non-hydrogen) atoms. The van der Waals surface area contributed by atoms with Crippen LogP contribution in [-0.2, 0) is 4.74 Å². The molecule has 4 nitrogen and oxygen atoms in total. The summed E-state index contributed by atoms with van der Waals surface area (Å²) in [7, 11) is 0. The van der Waals surface area contributed by atoms with Crippen molar-refractivity contribution in [2.75, 3.05) is 25.5 Å². The lowest BCUT2D eigenvalue weighted by Gasteiger charge is -2.19. The molecule has 0 radical (unpaired) electrons. The number of nitrogen functional groups attached to an aromatic ring is 1. The summed E-state index contributed by atoms with van der Waals surface area (Å²) in [6.07, 6.45) is 4.60. The number of hydrogen-bond acceptors (Lipinski definition) is 4. The third kappa shape index (κ3) is 3.79. The van der Waals surface area contributed by atoms with Gasteiger partial charge < -0.3 is 15.8 Å². The molecule has 1 atom stereocenters. The van der Waals surface area contributed by atoms with E-state index in [-0.39, 0.29) is 6.04 Å². The number of nitrogens with two attached hydrogens (primary N) is 1. The van der Waals surface area contributed by atoms with Gasteiger partial charge in [0.1, 0.15) is 0 Å². The molecule has 0 aliphatic rings. The largest absolute Gasteiger partial charge is 0.398 e. The van der Waals surface area contributed by atoms with Crippen molar-refractivity contribution >= 4 is 5.69 Å². The molecule has 0 saturated carbocycles. The summed E-state index contributed by atoms with van der Waals surface area (Å²) < 4.78 is 5.46. The highest BCUT2D eigenvalue weighted by molar-refractivity contribution is 5.46. The normalized spacial score (nSPS) is 12.6. The molecule has 0 aliphatic heterocycles. The van der Waals surface area contributed by atoms with Crippen molar-refractivity contribution in [3.05, 3.63) is 24.0 Å². The first kappa shape index (κ1) is 12.9. The molecule has 1 heterocycles. The summed E-state index contributed by atoms with van der Waals surface area (Å²) in [6.45, 7) is 6.42. The molecule has 3 N–H and O–H groups in total. The summed E-state index contributed by atoms with van der Waals surface area (Å²) in [5.41, 5.74) is 7.71. The highest BCUT2D eigenvalue weighted by atomic mass is 16.5. The molecule has 1 aromatic rings. The Morgan fingerprint density at radius 1 is 1.50 bits per heavy atom. The predicted molar refractivity (Wildman–Crippen MR) is 66.2 cm³/mol. The zero-order valence-electron chi connectivity index (χ0n) is 10.1. The van der Waals surface area contributed by atoms with E-state index in [0.29, 0.717) is 13.2 Å². The molecule has 1 rings (SSSR count). The van der Waals surface area contributed by atoms with Gasteiger partial charge in [-0.25, -0.2) is 0 Å². The van der Waals surface area contributed by atoms with E-state index in [9.17, 15) is 0 Å². The van der Waals surface area contributed by atoms with E-state index >= 15 is 0 Å². The number of aromatic nitrogens is 1. The van der Waals surface area contributed by atoms with Crippen LogP contribution in [0.5, 0.6) is 0 Å². The minimum atomic E-state index is 0.133. The molecule has 90 valence electrons. The lowest BCUT2D eigenvalue weighted by Crippen LogP contribution is -2.27. The molecule has 0 amide bonds. The highest BCUT2D eigenvalue weighted by Crippen LogP contribution is 2.19. The summed E-state index contributed by atoms with van der Waals surface area (Å²) in [4.78, 5) is 4.11. The Bertz CT molecular complexity index is 296. The number of hydrogen-bond donors (Lipinski definition) is 2. The van der Waals surface area contributed by atoms with Crippen molar-refractivity contribution in [2.24, 2.45) is 0 Å². The number of ether oxygens (including phenoxy) is 1. The zero-order chi connectivity index (χ0) is 11.8. The van der Waals surface area contributed by atoms with Crippen molar-refractivity contribution in [1.29, 1.82) is 0 Å². The van der Waals surface area contributed by atoms with Crippen LogP contribution in [0.25, 0.3) is 0 Å². The van der Waals surface area contributed by atoms with Gasteiger partial charge >= 0.3 is 0 Å². The zero-order valence-corrected chi connectivity index (χ0v) is 10.1. The van der Waals surface area contributed by atoms with Crippen molar-refractivity contribution in [1.82, 2.24) is 10.3 Å². The van der Waals surface area contributed by atoms with Crippen LogP contribution in [-0.4, -0.2) is 24.7 Å². The number of nitrogens with zero attached hydrogens (tertiary/aromatic N) is 1. The molecular weight excluding hydrogens is 202 g/mol. The average molecular weight is 223 g/mol. The van der Waals surface area contributed by atoms with E-state index in [1.165, 1.54) is 0 Å². The Balaban J connectivity index is 2.70. The Labute approximate surface area is 97.2 Å². The summed E-state index contributed by atoms with van der Waals surface area (Å²) in [5, 5.41) is 3.42. The quantitative estimate of drug-likeness (QED) is 0.739. The van der Waals surface area contributed by atoms with Crippen LogP contribution in [0.2, 0.25) is 0 Å². The van der Waals surface area contributed by atoms with Crippen LogP contribution in [0.4, 0.5) is 5.69 Å². The first-order valence-electron chi connectivity index (χ1n) is 5.80. The Morgan fingerprint density at radius 3 is 2.94 bits per heavy atom. The molecular formula is C12H21N3O. The maximum Gasteiger partial charge on any atom is 0.0662 e.